The van der Waals surface area contributed by atoms with Gasteiger partial charge >= 0.3 is 0 Å². The standard InChI is InChI=1S/C20H21ClN4O5/c21-11-5-1-4-10-16(11)23-19(29)20(10)15-14(12(24-20)7-13(22)26)17(27)25(18(15)28)8-9-3-2-6-30-9/h1,4-5,9,12,14-15,24H,2-3,6-8H2,(H2,22,26)(H,23,29)/t9-,12+,14+,15-,20-/m1/s1. The van der Waals surface area contributed by atoms with Gasteiger partial charge in [0.2, 0.25) is 23.6 Å². The molecule has 1 aromatic rings. The number of carbonyl (C=O) groups is 4. The van der Waals surface area contributed by atoms with Crippen LogP contribution in [0.15, 0.2) is 18.2 Å². The van der Waals surface area contributed by atoms with Gasteiger partial charge in [-0.05, 0) is 18.9 Å². The summed E-state index contributed by atoms with van der Waals surface area (Å²) < 4.78 is 5.60. The number of anilines is 1. The third kappa shape index (κ3) is 2.55. The summed E-state index contributed by atoms with van der Waals surface area (Å²) in [6.07, 6.45) is 1.25. The van der Waals surface area contributed by atoms with Gasteiger partial charge in [0.15, 0.2) is 0 Å². The number of halogens is 1. The number of ether oxygens (including phenoxy) is 1. The van der Waals surface area contributed by atoms with Crippen LogP contribution in [0, 0.1) is 11.8 Å². The molecule has 4 heterocycles. The average molecular weight is 433 g/mol. The lowest BCUT2D eigenvalue weighted by molar-refractivity contribution is -0.144. The topological polar surface area (TPSA) is 131 Å². The van der Waals surface area contributed by atoms with E-state index in [2.05, 4.69) is 10.6 Å². The Morgan fingerprint density at radius 3 is 2.80 bits per heavy atom. The van der Waals surface area contributed by atoms with Gasteiger partial charge in [0.05, 0.1) is 35.2 Å². The Morgan fingerprint density at radius 1 is 1.30 bits per heavy atom. The second kappa shape index (κ2) is 6.76. The van der Waals surface area contributed by atoms with Crippen molar-refractivity contribution >= 4 is 40.9 Å². The number of benzene rings is 1. The number of para-hydroxylation sites is 1. The molecule has 0 unspecified atom stereocenters. The second-order valence-corrected chi connectivity index (χ2v) is 8.68. The predicted molar refractivity (Wildman–Crippen MR) is 105 cm³/mol. The van der Waals surface area contributed by atoms with Crippen LogP contribution in [-0.2, 0) is 29.5 Å². The Balaban J connectivity index is 1.60. The minimum Gasteiger partial charge on any atom is -0.376 e. The molecule has 0 aliphatic carbocycles. The average Bonchev–Trinajstić information content (AvgIpc) is 3.42. The highest BCUT2D eigenvalue weighted by atomic mass is 35.5. The number of hydrogen-bond donors (Lipinski definition) is 3. The molecule has 3 saturated heterocycles. The molecule has 158 valence electrons. The Morgan fingerprint density at radius 2 is 2.10 bits per heavy atom. The van der Waals surface area contributed by atoms with E-state index in [0.29, 0.717) is 22.9 Å². The van der Waals surface area contributed by atoms with E-state index in [1.165, 1.54) is 4.90 Å². The molecule has 1 aromatic carbocycles. The molecule has 5 rings (SSSR count). The number of likely N-dealkylation sites (tertiary alicyclic amines) is 1. The van der Waals surface area contributed by atoms with Gasteiger partial charge < -0.3 is 15.8 Å². The predicted octanol–water partition coefficient (Wildman–Crippen LogP) is 0.115. The van der Waals surface area contributed by atoms with Crippen LogP contribution in [0.25, 0.3) is 0 Å². The largest absolute Gasteiger partial charge is 0.376 e. The van der Waals surface area contributed by atoms with Crippen LogP contribution in [0.3, 0.4) is 0 Å². The number of fused-ring (bicyclic) bond motifs is 4. The maximum Gasteiger partial charge on any atom is 0.250 e. The van der Waals surface area contributed by atoms with Crippen molar-refractivity contribution in [1.82, 2.24) is 10.2 Å². The van der Waals surface area contributed by atoms with Crippen LogP contribution in [0.4, 0.5) is 5.69 Å². The van der Waals surface area contributed by atoms with Crippen LogP contribution in [0.2, 0.25) is 5.02 Å². The molecule has 4 aliphatic heterocycles. The third-order valence-corrected chi connectivity index (χ3v) is 6.94. The lowest BCUT2D eigenvalue weighted by atomic mass is 9.76. The van der Waals surface area contributed by atoms with Crippen molar-refractivity contribution in [2.24, 2.45) is 17.6 Å². The number of primary amides is 1. The van der Waals surface area contributed by atoms with Crippen LogP contribution in [0.5, 0.6) is 0 Å². The van der Waals surface area contributed by atoms with E-state index in [9.17, 15) is 19.2 Å². The van der Waals surface area contributed by atoms with E-state index in [4.69, 9.17) is 22.1 Å². The quantitative estimate of drug-likeness (QED) is 0.579. The first kappa shape index (κ1) is 19.5. The monoisotopic (exact) mass is 432 g/mol. The zero-order chi connectivity index (χ0) is 21.2. The van der Waals surface area contributed by atoms with Crippen LogP contribution in [0.1, 0.15) is 24.8 Å². The van der Waals surface area contributed by atoms with Crippen LogP contribution in [-0.4, -0.2) is 53.8 Å². The maximum atomic E-state index is 13.5. The summed E-state index contributed by atoms with van der Waals surface area (Å²) in [4.78, 5) is 52.9. The Labute approximate surface area is 177 Å². The molecule has 9 nitrogen and oxygen atoms in total. The van der Waals surface area contributed by atoms with E-state index < -0.39 is 47.0 Å². The lowest BCUT2D eigenvalue weighted by Crippen LogP contribution is -2.54. The van der Waals surface area contributed by atoms with Gasteiger partial charge in [-0.3, -0.25) is 29.4 Å². The first-order chi connectivity index (χ1) is 14.3. The molecule has 1 spiro atoms. The molecule has 5 atom stereocenters. The summed E-state index contributed by atoms with van der Waals surface area (Å²) in [5, 5.41) is 6.22. The van der Waals surface area contributed by atoms with Crippen molar-refractivity contribution in [2.45, 2.75) is 36.9 Å². The molecular formula is C20H21ClN4O5. The number of nitrogens with two attached hydrogens (primary N) is 1. The first-order valence-corrected chi connectivity index (χ1v) is 10.4. The Bertz CT molecular complexity index is 978. The zero-order valence-corrected chi connectivity index (χ0v) is 16.8. The van der Waals surface area contributed by atoms with Crippen molar-refractivity contribution in [3.63, 3.8) is 0 Å². The van der Waals surface area contributed by atoms with E-state index in [0.717, 1.165) is 12.8 Å². The number of hydrogen-bond acceptors (Lipinski definition) is 6. The Hall–Kier alpha value is -2.49. The second-order valence-electron chi connectivity index (χ2n) is 8.27. The van der Waals surface area contributed by atoms with Gasteiger partial charge in [-0.25, -0.2) is 0 Å². The van der Waals surface area contributed by atoms with Gasteiger partial charge in [0.25, 0.3) is 0 Å². The minimum absolute atomic E-state index is 0.147. The number of rotatable bonds is 4. The molecule has 4 N–H and O–H groups in total. The summed E-state index contributed by atoms with van der Waals surface area (Å²) in [5.74, 6) is -3.79. The molecule has 0 radical (unpaired) electrons. The van der Waals surface area contributed by atoms with E-state index >= 15 is 0 Å². The molecular weight excluding hydrogens is 412 g/mol. The van der Waals surface area contributed by atoms with Crippen LogP contribution < -0.4 is 16.4 Å². The highest BCUT2D eigenvalue weighted by molar-refractivity contribution is 6.35. The van der Waals surface area contributed by atoms with Crippen molar-refractivity contribution in [3.05, 3.63) is 28.8 Å². The summed E-state index contributed by atoms with van der Waals surface area (Å²) in [5.41, 5.74) is 4.84. The van der Waals surface area contributed by atoms with Crippen molar-refractivity contribution in [3.8, 4) is 0 Å². The minimum atomic E-state index is -1.48. The third-order valence-electron chi connectivity index (χ3n) is 6.62. The van der Waals surface area contributed by atoms with E-state index in [1.807, 2.05) is 0 Å². The van der Waals surface area contributed by atoms with Gasteiger partial charge in [-0.1, -0.05) is 23.7 Å². The van der Waals surface area contributed by atoms with E-state index in [1.54, 1.807) is 18.2 Å². The number of imide groups is 1. The van der Waals surface area contributed by atoms with Gasteiger partial charge in [-0.15, -0.1) is 0 Å². The molecule has 0 aromatic heterocycles. The van der Waals surface area contributed by atoms with Crippen LogP contribution >= 0.6 is 11.6 Å². The highest BCUT2D eigenvalue weighted by Crippen LogP contribution is 2.54. The Kier molecular flexibility index (Phi) is 4.39. The lowest BCUT2D eigenvalue weighted by Gasteiger charge is -2.30. The van der Waals surface area contributed by atoms with Crippen molar-refractivity contribution in [1.29, 1.82) is 0 Å². The normalized spacial score (nSPS) is 34.6. The maximum absolute atomic E-state index is 13.5. The summed E-state index contributed by atoms with van der Waals surface area (Å²) in [6, 6.07) is 4.29. The fourth-order valence-electron chi connectivity index (χ4n) is 5.42. The molecule has 4 aliphatic rings. The zero-order valence-electron chi connectivity index (χ0n) is 16.0. The molecule has 0 bridgehead atoms. The number of nitrogens with zero attached hydrogens (tertiary/aromatic N) is 1. The smallest absolute Gasteiger partial charge is 0.250 e. The number of carbonyl (C=O) groups excluding carboxylic acids is 4. The molecule has 3 fully saturated rings. The molecule has 0 saturated carbocycles. The van der Waals surface area contributed by atoms with Crippen molar-refractivity contribution < 1.29 is 23.9 Å². The van der Waals surface area contributed by atoms with E-state index in [-0.39, 0.29) is 19.1 Å². The van der Waals surface area contributed by atoms with Gasteiger partial charge in [-0.2, -0.15) is 0 Å². The fraction of sp³-hybridized carbons (Fsp3) is 0.500. The first-order valence-electron chi connectivity index (χ1n) is 9.98. The SMILES string of the molecule is NC(=O)C[C@@H]1N[C@@]2(C(=O)Nc3c(Cl)cccc32)[C@H]2C(=O)N(C[C@H]3CCCO3)C(=O)[C@@H]12. The number of nitrogens with one attached hydrogen (secondary N) is 2. The van der Waals surface area contributed by atoms with Gasteiger partial charge in [0.1, 0.15) is 5.54 Å². The van der Waals surface area contributed by atoms with Crippen molar-refractivity contribution in [2.75, 3.05) is 18.5 Å². The molecule has 10 heteroatoms. The molecule has 30 heavy (non-hydrogen) atoms. The molecule has 4 amide bonds. The van der Waals surface area contributed by atoms with Gasteiger partial charge in [0, 0.05) is 24.6 Å². The number of amides is 4. The fourth-order valence-corrected chi connectivity index (χ4v) is 5.64. The summed E-state index contributed by atoms with van der Waals surface area (Å²) >= 11 is 6.27. The summed E-state index contributed by atoms with van der Waals surface area (Å²) in [7, 11) is 0. The highest BCUT2D eigenvalue weighted by Gasteiger charge is 2.70. The summed E-state index contributed by atoms with van der Waals surface area (Å²) in [6.45, 7) is 0.742.